The number of thioether (sulfide) groups is 1. The van der Waals surface area contributed by atoms with Crippen molar-refractivity contribution in [2.75, 3.05) is 0 Å². The van der Waals surface area contributed by atoms with Crippen LogP contribution in [0, 0.1) is 5.41 Å². The molecule has 0 radical (unpaired) electrons. The Balaban J connectivity index is 1.82. The van der Waals surface area contributed by atoms with Crippen molar-refractivity contribution in [1.82, 2.24) is 4.98 Å². The Morgan fingerprint density at radius 1 is 1.04 bits per heavy atom. The number of nitrogens with one attached hydrogen (secondary N) is 2. The van der Waals surface area contributed by atoms with Crippen LogP contribution in [-0.2, 0) is 18.6 Å². The molecule has 4 rings (SSSR count). The van der Waals surface area contributed by atoms with Crippen LogP contribution in [0.4, 0.5) is 0 Å². The zero-order valence-electron chi connectivity index (χ0n) is 13.7. The normalized spacial score (nSPS) is 12.3. The van der Waals surface area contributed by atoms with Crippen molar-refractivity contribution in [3.63, 3.8) is 0 Å². The summed E-state index contributed by atoms with van der Waals surface area (Å²) in [7, 11) is 0. The van der Waals surface area contributed by atoms with E-state index < -0.39 is 0 Å². The Morgan fingerprint density at radius 3 is 2.60 bits per heavy atom. The first kappa shape index (κ1) is 15.9. The summed E-state index contributed by atoms with van der Waals surface area (Å²) in [5.41, 5.74) is 5.97. The molecule has 3 aromatic rings. The van der Waals surface area contributed by atoms with Gasteiger partial charge in [0.25, 0.3) is 5.56 Å². The minimum absolute atomic E-state index is 0.180. The molecular formula is C21H18N2OS. The van der Waals surface area contributed by atoms with Gasteiger partial charge in [-0.3, -0.25) is 4.79 Å². The third kappa shape index (κ3) is 2.94. The zero-order chi connectivity index (χ0) is 17.2. The number of hydrogen-bond donors (Lipinski definition) is 2. The minimum atomic E-state index is -0.180. The van der Waals surface area contributed by atoms with Gasteiger partial charge in [-0.25, -0.2) is 0 Å². The van der Waals surface area contributed by atoms with E-state index in [9.17, 15) is 4.79 Å². The van der Waals surface area contributed by atoms with Crippen molar-refractivity contribution in [2.45, 2.75) is 23.6 Å². The van der Waals surface area contributed by atoms with Crippen LogP contribution in [0.15, 0.2) is 64.4 Å². The van der Waals surface area contributed by atoms with E-state index in [1.807, 2.05) is 30.3 Å². The quantitative estimate of drug-likeness (QED) is 0.542. The molecule has 0 saturated heterocycles. The molecule has 1 aliphatic rings. The van der Waals surface area contributed by atoms with Gasteiger partial charge in [0.1, 0.15) is 0 Å². The smallest absolute Gasteiger partial charge is 0.258 e. The van der Waals surface area contributed by atoms with Crippen molar-refractivity contribution < 1.29 is 0 Å². The van der Waals surface area contributed by atoms with Crippen LogP contribution < -0.4 is 5.56 Å². The third-order valence-electron chi connectivity index (χ3n) is 4.62. The lowest BCUT2D eigenvalue weighted by Gasteiger charge is -2.23. The predicted molar refractivity (Wildman–Crippen MR) is 104 cm³/mol. The molecular weight excluding hydrogens is 328 g/mol. The lowest BCUT2D eigenvalue weighted by Crippen LogP contribution is -2.20. The summed E-state index contributed by atoms with van der Waals surface area (Å²) in [5.74, 6) is 0.814. The molecule has 124 valence electrons. The molecule has 0 spiro atoms. The molecule has 0 atom stereocenters. The molecule has 0 unspecified atom stereocenters. The number of pyridine rings is 1. The monoisotopic (exact) mass is 346 g/mol. The molecule has 0 amide bonds. The summed E-state index contributed by atoms with van der Waals surface area (Å²) in [5, 5.41) is 8.66. The van der Waals surface area contributed by atoms with E-state index in [1.165, 1.54) is 17.3 Å². The van der Waals surface area contributed by atoms with Crippen molar-refractivity contribution >= 4 is 18.0 Å². The number of hydrogen-bond acceptors (Lipinski definition) is 3. The largest absolute Gasteiger partial charge is 0.316 e. The highest BCUT2D eigenvalue weighted by Gasteiger charge is 2.23. The van der Waals surface area contributed by atoms with Crippen LogP contribution in [-0.4, -0.2) is 11.2 Å². The van der Waals surface area contributed by atoms with E-state index in [4.69, 9.17) is 5.41 Å². The van der Waals surface area contributed by atoms with Gasteiger partial charge in [-0.05, 0) is 35.1 Å². The number of aryl methyl sites for hydroxylation is 1. The average molecular weight is 346 g/mol. The van der Waals surface area contributed by atoms with Gasteiger partial charge in [0.05, 0.1) is 10.6 Å². The maximum atomic E-state index is 12.5. The van der Waals surface area contributed by atoms with E-state index in [0.717, 1.165) is 40.3 Å². The van der Waals surface area contributed by atoms with Crippen molar-refractivity contribution in [1.29, 1.82) is 5.41 Å². The molecule has 0 bridgehead atoms. The summed E-state index contributed by atoms with van der Waals surface area (Å²) < 4.78 is 0. The first-order valence-corrected chi connectivity index (χ1v) is 9.31. The van der Waals surface area contributed by atoms with Gasteiger partial charge in [-0.1, -0.05) is 54.6 Å². The fraction of sp³-hybridized carbons (Fsp3) is 0.143. The van der Waals surface area contributed by atoms with Crippen LogP contribution >= 0.6 is 11.8 Å². The maximum Gasteiger partial charge on any atom is 0.258 e. The van der Waals surface area contributed by atoms with Crippen LogP contribution in [0.5, 0.6) is 0 Å². The Hall–Kier alpha value is -2.59. The summed E-state index contributed by atoms with van der Waals surface area (Å²) in [4.78, 5) is 15.6. The van der Waals surface area contributed by atoms with Crippen molar-refractivity contribution in [3.8, 4) is 11.1 Å². The highest BCUT2D eigenvalue weighted by Crippen LogP contribution is 2.38. The van der Waals surface area contributed by atoms with Crippen LogP contribution in [0.1, 0.15) is 22.3 Å². The van der Waals surface area contributed by atoms with Crippen LogP contribution in [0.25, 0.3) is 11.1 Å². The Morgan fingerprint density at radius 2 is 1.80 bits per heavy atom. The average Bonchev–Trinajstić information content (AvgIpc) is 2.66. The molecule has 25 heavy (non-hydrogen) atoms. The van der Waals surface area contributed by atoms with E-state index >= 15 is 0 Å². The fourth-order valence-electron chi connectivity index (χ4n) is 3.41. The van der Waals surface area contributed by atoms with Gasteiger partial charge >= 0.3 is 0 Å². The first-order valence-electron chi connectivity index (χ1n) is 8.32. The van der Waals surface area contributed by atoms with Crippen molar-refractivity contribution in [3.05, 3.63) is 87.2 Å². The molecule has 1 aliphatic carbocycles. The van der Waals surface area contributed by atoms with Crippen LogP contribution in [0.2, 0.25) is 0 Å². The molecule has 0 saturated carbocycles. The summed E-state index contributed by atoms with van der Waals surface area (Å²) in [6.07, 6.45) is 3.04. The number of rotatable bonds is 4. The highest BCUT2D eigenvalue weighted by molar-refractivity contribution is 7.98. The maximum absolute atomic E-state index is 12.5. The molecule has 4 heteroatoms. The summed E-state index contributed by atoms with van der Waals surface area (Å²) in [6.45, 7) is 0. The molecule has 1 heterocycles. The lowest BCUT2D eigenvalue weighted by atomic mass is 9.84. The van der Waals surface area contributed by atoms with Gasteiger partial charge in [0, 0.05) is 17.5 Å². The zero-order valence-corrected chi connectivity index (χ0v) is 14.5. The minimum Gasteiger partial charge on any atom is -0.316 e. The number of aromatic nitrogens is 1. The Bertz CT molecular complexity index is 993. The topological polar surface area (TPSA) is 56.7 Å². The number of H-pyrrole nitrogens is 1. The lowest BCUT2D eigenvalue weighted by molar-refractivity contribution is 0.876. The second kappa shape index (κ2) is 6.73. The van der Waals surface area contributed by atoms with E-state index in [2.05, 4.69) is 29.2 Å². The fourth-order valence-corrected chi connectivity index (χ4v) is 4.46. The predicted octanol–water partition coefficient (Wildman–Crippen LogP) is 4.43. The molecule has 0 aliphatic heterocycles. The van der Waals surface area contributed by atoms with E-state index in [0.29, 0.717) is 5.56 Å². The van der Waals surface area contributed by atoms with Gasteiger partial charge in [-0.2, -0.15) is 0 Å². The second-order valence-corrected chi connectivity index (χ2v) is 7.11. The number of benzene rings is 2. The Kier molecular flexibility index (Phi) is 4.28. The molecule has 2 N–H and O–H groups in total. The molecule has 2 aromatic carbocycles. The molecule has 0 fully saturated rings. The first-order chi connectivity index (χ1) is 12.3. The number of fused-ring (bicyclic) bond motifs is 3. The standard InChI is InChI=1S/C21H18N2OS/c22-12-18-19-16-9-5-4-8-15(16)10-11-17(19)21(23-20(18)24)25-13-14-6-2-1-3-7-14/h1-9,12,22H,10-11,13H2,(H,23,24). The van der Waals surface area contributed by atoms with Gasteiger partial charge in [0.2, 0.25) is 0 Å². The molecule has 1 aromatic heterocycles. The Labute approximate surface area is 150 Å². The third-order valence-corrected chi connectivity index (χ3v) is 5.73. The van der Waals surface area contributed by atoms with Gasteiger partial charge in [-0.15, -0.1) is 11.8 Å². The second-order valence-electron chi connectivity index (χ2n) is 6.13. The van der Waals surface area contributed by atoms with Gasteiger partial charge in [0.15, 0.2) is 0 Å². The van der Waals surface area contributed by atoms with E-state index in [1.54, 1.807) is 11.8 Å². The SMILES string of the molecule is N=Cc1c2c(c(SCc3ccccc3)[nH]c1=O)CCc1ccccc1-2. The van der Waals surface area contributed by atoms with Gasteiger partial charge < -0.3 is 10.4 Å². The highest BCUT2D eigenvalue weighted by atomic mass is 32.2. The van der Waals surface area contributed by atoms with E-state index in [-0.39, 0.29) is 5.56 Å². The summed E-state index contributed by atoms with van der Waals surface area (Å²) in [6, 6.07) is 18.5. The summed E-state index contributed by atoms with van der Waals surface area (Å²) >= 11 is 1.67. The number of aromatic amines is 1. The molecule has 3 nitrogen and oxygen atoms in total. The van der Waals surface area contributed by atoms with Crippen LogP contribution in [0.3, 0.4) is 0 Å². The van der Waals surface area contributed by atoms with Crippen molar-refractivity contribution in [2.24, 2.45) is 0 Å².